The third kappa shape index (κ3) is 3.48. The summed E-state index contributed by atoms with van der Waals surface area (Å²) in [6.07, 6.45) is 2.51. The summed E-state index contributed by atoms with van der Waals surface area (Å²) in [5, 5.41) is 4.63. The number of anilines is 1. The van der Waals surface area contributed by atoms with Gasteiger partial charge in [-0.2, -0.15) is 4.31 Å². The number of hydrogen-bond acceptors (Lipinski definition) is 4. The van der Waals surface area contributed by atoms with Gasteiger partial charge in [-0.25, -0.2) is 13.4 Å². The molecule has 3 aromatic rings. The predicted molar refractivity (Wildman–Crippen MR) is 109 cm³/mol. The van der Waals surface area contributed by atoms with Crippen molar-refractivity contribution in [3.63, 3.8) is 0 Å². The molecule has 28 heavy (non-hydrogen) atoms. The topological polar surface area (TPSA) is 79.4 Å². The van der Waals surface area contributed by atoms with Crippen LogP contribution in [0.4, 0.5) is 5.82 Å². The van der Waals surface area contributed by atoms with E-state index in [-0.39, 0.29) is 4.90 Å². The van der Waals surface area contributed by atoms with Gasteiger partial charge in [-0.3, -0.25) is 4.79 Å². The smallest absolute Gasteiger partial charge is 0.244 e. The molecule has 0 spiro atoms. The van der Waals surface area contributed by atoms with E-state index in [1.165, 1.54) is 10.5 Å². The van der Waals surface area contributed by atoms with Gasteiger partial charge in [0.05, 0.1) is 9.92 Å². The van der Waals surface area contributed by atoms with Crippen LogP contribution in [-0.4, -0.2) is 36.2 Å². The molecule has 1 aliphatic rings. The van der Waals surface area contributed by atoms with Gasteiger partial charge in [0, 0.05) is 18.1 Å². The lowest BCUT2D eigenvalue weighted by Gasteiger charge is -2.24. The number of benzene rings is 2. The van der Waals surface area contributed by atoms with E-state index in [0.717, 1.165) is 5.39 Å². The molecule has 6 nitrogen and oxygen atoms in total. The molecule has 1 fully saturated rings. The average Bonchev–Trinajstić information content (AvgIpc) is 3.20. The van der Waals surface area contributed by atoms with Crippen molar-refractivity contribution in [1.82, 2.24) is 9.29 Å². The number of amides is 1. The van der Waals surface area contributed by atoms with Crippen molar-refractivity contribution in [3.05, 3.63) is 65.8 Å². The van der Waals surface area contributed by atoms with Gasteiger partial charge in [-0.15, -0.1) is 0 Å². The van der Waals surface area contributed by atoms with Gasteiger partial charge in [-0.05, 0) is 36.4 Å². The molecule has 1 atom stereocenters. The lowest BCUT2D eigenvalue weighted by atomic mass is 10.1. The minimum Gasteiger partial charge on any atom is -0.309 e. The van der Waals surface area contributed by atoms with E-state index in [0.29, 0.717) is 35.6 Å². The fourth-order valence-corrected chi connectivity index (χ4v) is 5.48. The summed E-state index contributed by atoms with van der Waals surface area (Å²) in [6, 6.07) is 14.9. The first-order valence-corrected chi connectivity index (χ1v) is 10.7. The number of rotatable bonds is 4. The molecular formula is C20H18ClN3O3S. The molecule has 1 saturated heterocycles. The van der Waals surface area contributed by atoms with Crippen molar-refractivity contribution in [2.45, 2.75) is 23.8 Å². The van der Waals surface area contributed by atoms with E-state index >= 15 is 0 Å². The first-order valence-electron chi connectivity index (χ1n) is 8.89. The van der Waals surface area contributed by atoms with Gasteiger partial charge < -0.3 is 5.32 Å². The Morgan fingerprint density at radius 1 is 1.11 bits per heavy atom. The van der Waals surface area contributed by atoms with Gasteiger partial charge in [0.2, 0.25) is 15.9 Å². The van der Waals surface area contributed by atoms with Crippen molar-refractivity contribution in [2.75, 3.05) is 11.9 Å². The normalized spacial score (nSPS) is 17.7. The van der Waals surface area contributed by atoms with E-state index in [4.69, 9.17) is 11.6 Å². The minimum atomic E-state index is -3.83. The standard InChI is InChI=1S/C20H18ClN3O3S/c21-15-10-11-19(22-13-15)23-20(25)17-8-4-12-24(17)28(26,27)18-9-3-6-14-5-1-2-7-16(14)18/h1-3,5-7,9-11,13,17H,4,8,12H2,(H,22,23,25)/t17-/m1/s1. The molecular weight excluding hydrogens is 398 g/mol. The second kappa shape index (κ2) is 7.50. The van der Waals surface area contributed by atoms with Crippen LogP contribution in [0.1, 0.15) is 12.8 Å². The molecule has 0 aliphatic carbocycles. The quantitative estimate of drug-likeness (QED) is 0.704. The summed E-state index contributed by atoms with van der Waals surface area (Å²) in [5.41, 5.74) is 0. The second-order valence-electron chi connectivity index (χ2n) is 6.60. The summed E-state index contributed by atoms with van der Waals surface area (Å²) >= 11 is 5.81. The molecule has 0 radical (unpaired) electrons. The lowest BCUT2D eigenvalue weighted by molar-refractivity contribution is -0.119. The van der Waals surface area contributed by atoms with Crippen molar-refractivity contribution in [3.8, 4) is 0 Å². The number of carbonyl (C=O) groups excluding carboxylic acids is 1. The van der Waals surface area contributed by atoms with Crippen molar-refractivity contribution >= 4 is 44.1 Å². The van der Waals surface area contributed by atoms with Crippen molar-refractivity contribution in [2.24, 2.45) is 0 Å². The summed E-state index contributed by atoms with van der Waals surface area (Å²) in [4.78, 5) is 17.0. The molecule has 0 bridgehead atoms. The van der Waals surface area contributed by atoms with Gasteiger partial charge >= 0.3 is 0 Å². The SMILES string of the molecule is O=C(Nc1ccc(Cl)cn1)[C@H]1CCCN1S(=O)(=O)c1cccc2ccccc12. The molecule has 8 heteroatoms. The van der Waals surface area contributed by atoms with Crippen molar-refractivity contribution in [1.29, 1.82) is 0 Å². The van der Waals surface area contributed by atoms with Crippen LogP contribution in [0.25, 0.3) is 10.8 Å². The van der Waals surface area contributed by atoms with Gasteiger partial charge in [0.25, 0.3) is 0 Å². The number of fused-ring (bicyclic) bond motifs is 1. The van der Waals surface area contributed by atoms with E-state index in [1.807, 2.05) is 24.3 Å². The number of nitrogens with one attached hydrogen (secondary N) is 1. The second-order valence-corrected chi connectivity index (χ2v) is 8.90. The Bertz CT molecular complexity index is 1130. The molecule has 1 aliphatic heterocycles. The highest BCUT2D eigenvalue weighted by Gasteiger charge is 2.40. The highest BCUT2D eigenvalue weighted by molar-refractivity contribution is 7.89. The fourth-order valence-electron chi connectivity index (χ4n) is 3.50. The number of nitrogens with zero attached hydrogens (tertiary/aromatic N) is 2. The van der Waals surface area contributed by atoms with Gasteiger partial charge in [0.1, 0.15) is 11.9 Å². The zero-order valence-electron chi connectivity index (χ0n) is 14.9. The molecule has 2 heterocycles. The van der Waals surface area contributed by atoms with E-state index in [9.17, 15) is 13.2 Å². The lowest BCUT2D eigenvalue weighted by Crippen LogP contribution is -2.43. The molecule has 1 aromatic heterocycles. The Morgan fingerprint density at radius 3 is 2.68 bits per heavy atom. The van der Waals surface area contributed by atoms with Crippen LogP contribution in [0.3, 0.4) is 0 Å². The van der Waals surface area contributed by atoms with Crippen LogP contribution in [0.5, 0.6) is 0 Å². The maximum absolute atomic E-state index is 13.4. The maximum Gasteiger partial charge on any atom is 0.244 e. The molecule has 4 rings (SSSR count). The van der Waals surface area contributed by atoms with Crippen molar-refractivity contribution < 1.29 is 13.2 Å². The Hall–Kier alpha value is -2.48. The van der Waals surface area contributed by atoms with Gasteiger partial charge in [0.15, 0.2) is 0 Å². The van der Waals surface area contributed by atoms with Crippen LogP contribution >= 0.6 is 11.6 Å². The number of sulfonamides is 1. The van der Waals surface area contributed by atoms with Gasteiger partial charge in [-0.1, -0.05) is 48.0 Å². The summed E-state index contributed by atoms with van der Waals surface area (Å²) in [6.45, 7) is 0.303. The number of carbonyl (C=O) groups is 1. The predicted octanol–water partition coefficient (Wildman–Crippen LogP) is 3.68. The Morgan fingerprint density at radius 2 is 1.89 bits per heavy atom. The Kier molecular flexibility index (Phi) is 5.05. The molecule has 144 valence electrons. The third-order valence-corrected chi connectivity index (χ3v) is 7.01. The molecule has 0 saturated carbocycles. The first-order chi connectivity index (χ1) is 13.5. The number of aromatic nitrogens is 1. The van der Waals surface area contributed by atoms with Crippen LogP contribution < -0.4 is 5.32 Å². The molecule has 1 N–H and O–H groups in total. The molecule has 2 aromatic carbocycles. The van der Waals surface area contributed by atoms with E-state index in [2.05, 4.69) is 10.3 Å². The zero-order valence-corrected chi connectivity index (χ0v) is 16.4. The Labute approximate surface area is 168 Å². The van der Waals surface area contributed by atoms with E-state index in [1.54, 1.807) is 30.3 Å². The first kappa shape index (κ1) is 18.9. The largest absolute Gasteiger partial charge is 0.309 e. The van der Waals surface area contributed by atoms with Crippen LogP contribution in [-0.2, 0) is 14.8 Å². The monoisotopic (exact) mass is 415 g/mol. The van der Waals surface area contributed by atoms with Crippen LogP contribution in [0.2, 0.25) is 5.02 Å². The summed E-state index contributed by atoms with van der Waals surface area (Å²) in [5.74, 6) is -0.0556. The highest BCUT2D eigenvalue weighted by atomic mass is 35.5. The fraction of sp³-hybridized carbons (Fsp3) is 0.200. The maximum atomic E-state index is 13.4. The Balaban J connectivity index is 1.65. The summed E-state index contributed by atoms with van der Waals surface area (Å²) in [7, 11) is -3.83. The number of halogens is 1. The zero-order chi connectivity index (χ0) is 19.7. The van der Waals surface area contributed by atoms with Crippen LogP contribution in [0, 0.1) is 0 Å². The van der Waals surface area contributed by atoms with E-state index < -0.39 is 22.0 Å². The number of hydrogen-bond donors (Lipinski definition) is 1. The number of pyridine rings is 1. The minimum absolute atomic E-state index is 0.218. The average molecular weight is 416 g/mol. The van der Waals surface area contributed by atoms with Crippen LogP contribution in [0.15, 0.2) is 65.7 Å². The molecule has 1 amide bonds. The summed E-state index contributed by atoms with van der Waals surface area (Å²) < 4.78 is 28.0. The highest BCUT2D eigenvalue weighted by Crippen LogP contribution is 2.31. The third-order valence-electron chi connectivity index (χ3n) is 4.82. The molecule has 0 unspecified atom stereocenters.